The highest BCUT2D eigenvalue weighted by Gasteiger charge is 2.30. The molecule has 0 unspecified atom stereocenters. The van der Waals surface area contributed by atoms with Gasteiger partial charge in [0.1, 0.15) is 6.61 Å². The molecule has 110 valence electrons. The van der Waals surface area contributed by atoms with Crippen LogP contribution in [0.5, 0.6) is 0 Å². The number of nitrogens with zero attached hydrogens (tertiary/aromatic N) is 6. The van der Waals surface area contributed by atoms with Crippen molar-refractivity contribution < 1.29 is 9.53 Å². The molecule has 8 nitrogen and oxygen atoms in total. The minimum atomic E-state index is -0.141. The standard InChI is InChI=1S/C13H16N6O2/c1-9-6-18(13(20)10-4-3-5-14-15-10)7-11-16-17-12(8-21-2)19(9)11/h3-5,9H,6-8H2,1-2H3/t9-/m0/s1. The summed E-state index contributed by atoms with van der Waals surface area (Å²) in [5.41, 5.74) is 0.342. The van der Waals surface area contributed by atoms with Gasteiger partial charge in [0.05, 0.1) is 12.6 Å². The second-order valence-electron chi connectivity index (χ2n) is 4.98. The Balaban J connectivity index is 1.84. The van der Waals surface area contributed by atoms with Crippen LogP contribution < -0.4 is 0 Å². The molecule has 0 saturated heterocycles. The smallest absolute Gasteiger partial charge is 0.274 e. The van der Waals surface area contributed by atoms with Crippen LogP contribution in [0.25, 0.3) is 0 Å². The Hall–Kier alpha value is -2.35. The van der Waals surface area contributed by atoms with Crippen LogP contribution in [-0.2, 0) is 17.9 Å². The van der Waals surface area contributed by atoms with E-state index < -0.39 is 0 Å². The number of aromatic nitrogens is 5. The van der Waals surface area contributed by atoms with Gasteiger partial charge in [0.15, 0.2) is 17.3 Å². The van der Waals surface area contributed by atoms with Crippen LogP contribution in [0.15, 0.2) is 18.3 Å². The van der Waals surface area contributed by atoms with Gasteiger partial charge < -0.3 is 14.2 Å². The molecule has 0 N–H and O–H groups in total. The van der Waals surface area contributed by atoms with Crippen molar-refractivity contribution >= 4 is 5.91 Å². The number of methoxy groups -OCH3 is 1. The van der Waals surface area contributed by atoms with E-state index in [1.165, 1.54) is 0 Å². The Kier molecular flexibility index (Phi) is 3.61. The molecule has 2 aromatic rings. The summed E-state index contributed by atoms with van der Waals surface area (Å²) >= 11 is 0. The highest BCUT2D eigenvalue weighted by molar-refractivity contribution is 5.92. The van der Waals surface area contributed by atoms with Gasteiger partial charge in [-0.05, 0) is 19.1 Å². The van der Waals surface area contributed by atoms with Crippen LogP contribution in [0.1, 0.15) is 35.1 Å². The maximum Gasteiger partial charge on any atom is 0.274 e. The van der Waals surface area contributed by atoms with Gasteiger partial charge in [-0.2, -0.15) is 5.10 Å². The number of ether oxygens (including phenoxy) is 1. The number of carbonyl (C=O) groups excluding carboxylic acids is 1. The summed E-state index contributed by atoms with van der Waals surface area (Å²) in [6.45, 7) is 3.44. The van der Waals surface area contributed by atoms with E-state index in [0.29, 0.717) is 25.4 Å². The third-order valence-electron chi connectivity index (χ3n) is 3.45. The first-order valence-electron chi connectivity index (χ1n) is 6.69. The number of rotatable bonds is 3. The molecule has 1 amide bonds. The quantitative estimate of drug-likeness (QED) is 0.814. The van der Waals surface area contributed by atoms with Crippen molar-refractivity contribution in [1.29, 1.82) is 0 Å². The van der Waals surface area contributed by atoms with E-state index in [9.17, 15) is 4.79 Å². The molecule has 0 bridgehead atoms. The normalized spacial score (nSPS) is 17.6. The first-order chi connectivity index (χ1) is 10.2. The van der Waals surface area contributed by atoms with E-state index in [1.54, 1.807) is 30.3 Å². The molecule has 0 fully saturated rings. The molecule has 3 heterocycles. The van der Waals surface area contributed by atoms with Gasteiger partial charge in [0, 0.05) is 19.9 Å². The van der Waals surface area contributed by atoms with E-state index in [1.807, 2.05) is 11.5 Å². The lowest BCUT2D eigenvalue weighted by Crippen LogP contribution is -2.41. The zero-order valence-corrected chi connectivity index (χ0v) is 11.9. The molecule has 3 rings (SSSR count). The molecule has 0 saturated carbocycles. The van der Waals surface area contributed by atoms with Crippen LogP contribution in [0.3, 0.4) is 0 Å². The van der Waals surface area contributed by atoms with E-state index in [0.717, 1.165) is 11.6 Å². The average Bonchev–Trinajstić information content (AvgIpc) is 2.91. The van der Waals surface area contributed by atoms with Crippen LogP contribution in [0.4, 0.5) is 0 Å². The third-order valence-corrected chi connectivity index (χ3v) is 3.45. The van der Waals surface area contributed by atoms with Crippen LogP contribution >= 0.6 is 0 Å². The van der Waals surface area contributed by atoms with Gasteiger partial charge in [0.2, 0.25) is 0 Å². The minimum Gasteiger partial charge on any atom is -0.377 e. The summed E-state index contributed by atoms with van der Waals surface area (Å²) in [5, 5.41) is 15.9. The monoisotopic (exact) mass is 288 g/mol. The van der Waals surface area contributed by atoms with Gasteiger partial charge in [-0.15, -0.1) is 15.3 Å². The van der Waals surface area contributed by atoms with Crippen molar-refractivity contribution in [2.75, 3.05) is 13.7 Å². The molecule has 0 radical (unpaired) electrons. The Morgan fingerprint density at radius 1 is 1.43 bits per heavy atom. The number of amides is 1. The largest absolute Gasteiger partial charge is 0.377 e. The van der Waals surface area contributed by atoms with Crippen LogP contribution in [-0.4, -0.2) is 49.4 Å². The van der Waals surface area contributed by atoms with Crippen molar-refractivity contribution in [2.24, 2.45) is 0 Å². The first-order valence-corrected chi connectivity index (χ1v) is 6.69. The maximum absolute atomic E-state index is 12.4. The number of hydrogen-bond acceptors (Lipinski definition) is 6. The van der Waals surface area contributed by atoms with Crippen molar-refractivity contribution in [1.82, 2.24) is 29.9 Å². The van der Waals surface area contributed by atoms with Crippen molar-refractivity contribution in [3.8, 4) is 0 Å². The summed E-state index contributed by atoms with van der Waals surface area (Å²) in [5.74, 6) is 1.40. The predicted octanol–water partition coefficient (Wildman–Crippen LogP) is 0.431. The van der Waals surface area contributed by atoms with Crippen molar-refractivity contribution in [2.45, 2.75) is 26.1 Å². The summed E-state index contributed by atoms with van der Waals surface area (Å²) in [6, 6.07) is 3.46. The molecule has 1 atom stereocenters. The zero-order chi connectivity index (χ0) is 14.8. The van der Waals surface area contributed by atoms with Crippen LogP contribution in [0, 0.1) is 0 Å². The van der Waals surface area contributed by atoms with Gasteiger partial charge >= 0.3 is 0 Å². The van der Waals surface area contributed by atoms with Crippen LogP contribution in [0.2, 0.25) is 0 Å². The Bertz CT molecular complexity index is 641. The fourth-order valence-corrected chi connectivity index (χ4v) is 2.57. The molecule has 2 aromatic heterocycles. The fourth-order valence-electron chi connectivity index (χ4n) is 2.57. The zero-order valence-electron chi connectivity index (χ0n) is 11.9. The van der Waals surface area contributed by atoms with E-state index >= 15 is 0 Å². The Morgan fingerprint density at radius 2 is 2.29 bits per heavy atom. The number of fused-ring (bicyclic) bond motifs is 1. The SMILES string of the molecule is COCc1nnc2n1[C@@H](C)CN(C(=O)c1cccnn1)C2. The topological polar surface area (TPSA) is 86.0 Å². The molecule has 1 aliphatic heterocycles. The molecular weight excluding hydrogens is 272 g/mol. The molecule has 8 heteroatoms. The average molecular weight is 288 g/mol. The second-order valence-corrected chi connectivity index (χ2v) is 4.98. The predicted molar refractivity (Wildman–Crippen MR) is 72.2 cm³/mol. The Labute approximate surface area is 121 Å². The lowest BCUT2D eigenvalue weighted by molar-refractivity contribution is 0.0668. The Morgan fingerprint density at radius 3 is 3.00 bits per heavy atom. The second kappa shape index (κ2) is 5.57. The highest BCUT2D eigenvalue weighted by Crippen LogP contribution is 2.22. The maximum atomic E-state index is 12.4. The van der Waals surface area contributed by atoms with Gasteiger partial charge in [-0.1, -0.05) is 0 Å². The summed E-state index contributed by atoms with van der Waals surface area (Å²) in [6.07, 6.45) is 1.54. The lowest BCUT2D eigenvalue weighted by Gasteiger charge is -2.32. The van der Waals surface area contributed by atoms with E-state index in [-0.39, 0.29) is 11.9 Å². The molecule has 21 heavy (non-hydrogen) atoms. The van der Waals surface area contributed by atoms with E-state index in [2.05, 4.69) is 20.4 Å². The first kappa shape index (κ1) is 13.6. The summed E-state index contributed by atoms with van der Waals surface area (Å²) in [4.78, 5) is 14.1. The van der Waals surface area contributed by atoms with Gasteiger partial charge in [-0.3, -0.25) is 4.79 Å². The number of carbonyl (C=O) groups is 1. The van der Waals surface area contributed by atoms with Crippen molar-refractivity contribution in [3.63, 3.8) is 0 Å². The van der Waals surface area contributed by atoms with Crippen molar-refractivity contribution in [3.05, 3.63) is 35.7 Å². The summed E-state index contributed by atoms with van der Waals surface area (Å²) < 4.78 is 7.15. The molecule has 1 aliphatic rings. The lowest BCUT2D eigenvalue weighted by atomic mass is 10.2. The van der Waals surface area contributed by atoms with E-state index in [4.69, 9.17) is 4.74 Å². The fraction of sp³-hybridized carbons (Fsp3) is 0.462. The number of hydrogen-bond donors (Lipinski definition) is 0. The molecule has 0 aromatic carbocycles. The molecule has 0 aliphatic carbocycles. The molecular formula is C13H16N6O2. The summed E-state index contributed by atoms with van der Waals surface area (Å²) in [7, 11) is 1.62. The third kappa shape index (κ3) is 2.49. The van der Waals surface area contributed by atoms with Gasteiger partial charge in [-0.25, -0.2) is 0 Å². The molecule has 0 spiro atoms. The minimum absolute atomic E-state index is 0.0921. The van der Waals surface area contributed by atoms with Gasteiger partial charge in [0.25, 0.3) is 5.91 Å². The highest BCUT2D eigenvalue weighted by atomic mass is 16.5.